The summed E-state index contributed by atoms with van der Waals surface area (Å²) in [7, 11) is 0. The number of nitrogens with two attached hydrogens (primary N) is 1. The third-order valence-corrected chi connectivity index (χ3v) is 3.54. The monoisotopic (exact) mass is 239 g/mol. The van der Waals surface area contributed by atoms with Crippen LogP contribution in [0.3, 0.4) is 0 Å². The highest BCUT2D eigenvalue weighted by atomic mass is 14.5. The minimum atomic E-state index is 0.157. The maximum atomic E-state index is 5.67. The van der Waals surface area contributed by atoms with Crippen molar-refractivity contribution in [2.24, 2.45) is 5.73 Å². The summed E-state index contributed by atoms with van der Waals surface area (Å²) in [4.78, 5) is 0. The molecule has 0 radical (unpaired) electrons. The molecule has 0 bridgehead atoms. The molecule has 0 spiro atoms. The minimum absolute atomic E-state index is 0.157. The van der Waals surface area contributed by atoms with Gasteiger partial charge in [0.25, 0.3) is 0 Å². The number of hydrogen-bond acceptors (Lipinski definition) is 1. The Hall–Kier alpha value is -1.60. The molecule has 2 aromatic carbocycles. The van der Waals surface area contributed by atoms with Gasteiger partial charge in [-0.25, -0.2) is 0 Å². The summed E-state index contributed by atoms with van der Waals surface area (Å²) in [5.41, 5.74) is 9.72. The topological polar surface area (TPSA) is 26.0 Å². The van der Waals surface area contributed by atoms with E-state index in [-0.39, 0.29) is 5.41 Å². The van der Waals surface area contributed by atoms with E-state index in [1.807, 2.05) is 6.07 Å². The summed E-state index contributed by atoms with van der Waals surface area (Å²) in [6, 6.07) is 19.3. The van der Waals surface area contributed by atoms with Gasteiger partial charge in [0.05, 0.1) is 0 Å². The van der Waals surface area contributed by atoms with Gasteiger partial charge in [0.2, 0.25) is 0 Å². The Kier molecular flexibility index (Phi) is 3.83. The van der Waals surface area contributed by atoms with Crippen LogP contribution < -0.4 is 5.73 Å². The fraction of sp³-hybridized carbons (Fsp3) is 0.294. The van der Waals surface area contributed by atoms with Crippen LogP contribution in [0.25, 0.3) is 11.1 Å². The molecule has 1 heteroatoms. The van der Waals surface area contributed by atoms with E-state index in [1.165, 1.54) is 16.7 Å². The Balaban J connectivity index is 2.26. The van der Waals surface area contributed by atoms with Gasteiger partial charge in [-0.05, 0) is 35.1 Å². The highest BCUT2D eigenvalue weighted by Gasteiger charge is 2.19. The molecule has 0 fully saturated rings. The van der Waals surface area contributed by atoms with Crippen molar-refractivity contribution < 1.29 is 0 Å². The lowest BCUT2D eigenvalue weighted by molar-refractivity contribution is 0.488. The number of hydrogen-bond donors (Lipinski definition) is 1. The van der Waals surface area contributed by atoms with Crippen LogP contribution in [0.2, 0.25) is 0 Å². The van der Waals surface area contributed by atoms with Crippen LogP contribution in [0.15, 0.2) is 54.6 Å². The summed E-state index contributed by atoms with van der Waals surface area (Å²) >= 11 is 0. The van der Waals surface area contributed by atoms with Gasteiger partial charge in [-0.15, -0.1) is 0 Å². The largest absolute Gasteiger partial charge is 0.330 e. The van der Waals surface area contributed by atoms with Gasteiger partial charge < -0.3 is 5.73 Å². The fourth-order valence-electron chi connectivity index (χ4n) is 2.25. The van der Waals surface area contributed by atoms with Gasteiger partial charge in [0.15, 0.2) is 0 Å². The van der Waals surface area contributed by atoms with Crippen molar-refractivity contribution in [1.82, 2.24) is 0 Å². The zero-order valence-electron chi connectivity index (χ0n) is 11.2. The van der Waals surface area contributed by atoms with E-state index in [0.717, 1.165) is 13.0 Å². The predicted octanol–water partition coefficient (Wildman–Crippen LogP) is 3.98. The lowest BCUT2D eigenvalue weighted by atomic mass is 9.81. The van der Waals surface area contributed by atoms with Gasteiger partial charge in [-0.2, -0.15) is 0 Å². The van der Waals surface area contributed by atoms with Crippen LogP contribution in [0.5, 0.6) is 0 Å². The molecule has 1 nitrogen and oxygen atoms in total. The van der Waals surface area contributed by atoms with E-state index >= 15 is 0 Å². The molecule has 0 amide bonds. The third-order valence-electron chi connectivity index (χ3n) is 3.54. The van der Waals surface area contributed by atoms with Crippen molar-refractivity contribution in [2.75, 3.05) is 6.54 Å². The minimum Gasteiger partial charge on any atom is -0.330 e. The highest BCUT2D eigenvalue weighted by Crippen LogP contribution is 2.28. The van der Waals surface area contributed by atoms with Gasteiger partial charge >= 0.3 is 0 Å². The molecule has 0 aliphatic carbocycles. The molecule has 2 rings (SSSR count). The number of rotatable bonds is 4. The van der Waals surface area contributed by atoms with E-state index in [1.54, 1.807) is 0 Å². The van der Waals surface area contributed by atoms with Crippen LogP contribution in [-0.2, 0) is 5.41 Å². The molecular formula is C17H21N. The first-order valence-electron chi connectivity index (χ1n) is 6.49. The van der Waals surface area contributed by atoms with E-state index in [2.05, 4.69) is 62.4 Å². The van der Waals surface area contributed by atoms with Crippen molar-refractivity contribution in [3.63, 3.8) is 0 Å². The summed E-state index contributed by atoms with van der Waals surface area (Å²) in [6.07, 6.45) is 1.01. The van der Waals surface area contributed by atoms with E-state index < -0.39 is 0 Å². The molecule has 0 unspecified atom stereocenters. The standard InChI is InChI=1S/C17H21N/c1-17(2,12-13-18)16-10-8-15(9-11-16)14-6-4-3-5-7-14/h3-11H,12-13,18H2,1-2H3. The van der Waals surface area contributed by atoms with Crippen molar-refractivity contribution in [2.45, 2.75) is 25.7 Å². The fourth-order valence-corrected chi connectivity index (χ4v) is 2.25. The third kappa shape index (κ3) is 2.80. The maximum absolute atomic E-state index is 5.67. The van der Waals surface area contributed by atoms with Crippen LogP contribution in [0, 0.1) is 0 Å². The van der Waals surface area contributed by atoms with Crippen molar-refractivity contribution in [3.05, 3.63) is 60.2 Å². The predicted molar refractivity (Wildman–Crippen MR) is 78.6 cm³/mol. The average molecular weight is 239 g/mol. The van der Waals surface area contributed by atoms with Gasteiger partial charge in [0.1, 0.15) is 0 Å². The average Bonchev–Trinajstić information content (AvgIpc) is 2.40. The molecule has 94 valence electrons. The van der Waals surface area contributed by atoms with Crippen molar-refractivity contribution in [1.29, 1.82) is 0 Å². The normalized spacial score (nSPS) is 11.5. The Morgan fingerprint density at radius 2 is 1.39 bits per heavy atom. The smallest absolute Gasteiger partial charge is 0.00690 e. The molecular weight excluding hydrogens is 218 g/mol. The zero-order valence-corrected chi connectivity index (χ0v) is 11.2. The molecule has 18 heavy (non-hydrogen) atoms. The first-order chi connectivity index (χ1) is 8.63. The molecule has 0 heterocycles. The van der Waals surface area contributed by atoms with Gasteiger partial charge in [-0.1, -0.05) is 68.4 Å². The Bertz CT molecular complexity index is 483. The summed E-state index contributed by atoms with van der Waals surface area (Å²) in [5, 5.41) is 0. The SMILES string of the molecule is CC(C)(CCN)c1ccc(-c2ccccc2)cc1. The van der Waals surface area contributed by atoms with Crippen LogP contribution in [0.1, 0.15) is 25.8 Å². The second kappa shape index (κ2) is 5.36. The summed E-state index contributed by atoms with van der Waals surface area (Å²) in [6.45, 7) is 5.22. The highest BCUT2D eigenvalue weighted by molar-refractivity contribution is 5.63. The molecule has 0 aliphatic rings. The Morgan fingerprint density at radius 3 is 1.94 bits per heavy atom. The molecule has 0 saturated carbocycles. The molecule has 0 aliphatic heterocycles. The van der Waals surface area contributed by atoms with E-state index in [9.17, 15) is 0 Å². The van der Waals surface area contributed by atoms with Crippen LogP contribution in [0.4, 0.5) is 0 Å². The van der Waals surface area contributed by atoms with Crippen molar-refractivity contribution in [3.8, 4) is 11.1 Å². The molecule has 0 aromatic heterocycles. The number of benzene rings is 2. The second-order valence-corrected chi connectivity index (χ2v) is 5.37. The lowest BCUT2D eigenvalue weighted by Crippen LogP contribution is -2.21. The second-order valence-electron chi connectivity index (χ2n) is 5.37. The van der Waals surface area contributed by atoms with Crippen LogP contribution >= 0.6 is 0 Å². The lowest BCUT2D eigenvalue weighted by Gasteiger charge is -2.24. The summed E-state index contributed by atoms with van der Waals surface area (Å²) in [5.74, 6) is 0. The molecule has 0 atom stereocenters. The quantitative estimate of drug-likeness (QED) is 0.858. The maximum Gasteiger partial charge on any atom is -0.00690 e. The molecule has 2 N–H and O–H groups in total. The molecule has 2 aromatic rings. The van der Waals surface area contributed by atoms with E-state index in [4.69, 9.17) is 5.73 Å². The first kappa shape index (κ1) is 12.8. The van der Waals surface area contributed by atoms with Gasteiger partial charge in [0, 0.05) is 0 Å². The first-order valence-corrected chi connectivity index (χ1v) is 6.49. The molecule has 0 saturated heterocycles. The Labute approximate surface area is 110 Å². The van der Waals surface area contributed by atoms with Crippen LogP contribution in [-0.4, -0.2) is 6.54 Å². The zero-order chi connectivity index (χ0) is 13.0. The summed E-state index contributed by atoms with van der Waals surface area (Å²) < 4.78 is 0. The van der Waals surface area contributed by atoms with Crippen molar-refractivity contribution >= 4 is 0 Å². The Morgan fingerprint density at radius 1 is 0.833 bits per heavy atom. The van der Waals surface area contributed by atoms with E-state index in [0.29, 0.717) is 0 Å². The van der Waals surface area contributed by atoms with Gasteiger partial charge in [-0.3, -0.25) is 0 Å².